The minimum atomic E-state index is -0.0640. The molecule has 1 aromatic heterocycles. The van der Waals surface area contributed by atoms with Gasteiger partial charge in [0.25, 0.3) is 0 Å². The zero-order chi connectivity index (χ0) is 13.0. The summed E-state index contributed by atoms with van der Waals surface area (Å²) in [5.74, 6) is 0.690. The van der Waals surface area contributed by atoms with Gasteiger partial charge in [0.2, 0.25) is 0 Å². The van der Waals surface area contributed by atoms with Crippen LogP contribution in [0, 0.1) is 11.3 Å². The van der Waals surface area contributed by atoms with E-state index in [0.29, 0.717) is 11.4 Å². The van der Waals surface area contributed by atoms with E-state index in [-0.39, 0.29) is 6.61 Å². The Balaban J connectivity index is 2.41. The van der Waals surface area contributed by atoms with Crippen LogP contribution in [0.5, 0.6) is 0 Å². The molecule has 0 aliphatic carbocycles. The maximum Gasteiger partial charge on any atom is 0.138 e. The van der Waals surface area contributed by atoms with Crippen molar-refractivity contribution in [3.05, 3.63) is 53.7 Å². The molecule has 0 spiro atoms. The fraction of sp³-hybridized carbons (Fsp3) is 0.143. The van der Waals surface area contributed by atoms with Crippen LogP contribution < -0.4 is 4.90 Å². The molecule has 1 N–H and O–H groups in total. The fourth-order valence-corrected chi connectivity index (χ4v) is 1.76. The van der Waals surface area contributed by atoms with E-state index in [2.05, 4.69) is 11.1 Å². The SMILES string of the molecule is CN(c1cccc(C#N)c1)c1ncccc1CO. The molecule has 0 fully saturated rings. The minimum absolute atomic E-state index is 0.0640. The first-order valence-electron chi connectivity index (χ1n) is 5.55. The number of hydrogen-bond donors (Lipinski definition) is 1. The van der Waals surface area contributed by atoms with Crippen LogP contribution in [-0.2, 0) is 6.61 Å². The van der Waals surface area contributed by atoms with E-state index in [4.69, 9.17) is 5.26 Å². The molecule has 0 bridgehead atoms. The maximum atomic E-state index is 9.30. The summed E-state index contributed by atoms with van der Waals surface area (Å²) < 4.78 is 0. The van der Waals surface area contributed by atoms with Gasteiger partial charge in [0, 0.05) is 24.5 Å². The standard InChI is InChI=1S/C14H13N3O/c1-17(13-6-2-4-11(8-13)9-15)14-12(10-18)5-3-7-16-14/h2-8,18H,10H2,1H3. The number of nitriles is 1. The van der Waals surface area contributed by atoms with Gasteiger partial charge < -0.3 is 10.0 Å². The largest absolute Gasteiger partial charge is 0.392 e. The fourth-order valence-electron chi connectivity index (χ4n) is 1.76. The van der Waals surface area contributed by atoms with Gasteiger partial charge >= 0.3 is 0 Å². The molecule has 0 aliphatic heterocycles. The molecule has 1 heterocycles. The summed E-state index contributed by atoms with van der Waals surface area (Å²) >= 11 is 0. The Kier molecular flexibility index (Phi) is 3.56. The van der Waals surface area contributed by atoms with Crippen molar-refractivity contribution in [2.75, 3.05) is 11.9 Å². The highest BCUT2D eigenvalue weighted by Crippen LogP contribution is 2.25. The molecule has 0 radical (unpaired) electrons. The maximum absolute atomic E-state index is 9.30. The van der Waals surface area contributed by atoms with Gasteiger partial charge in [0.05, 0.1) is 18.2 Å². The second-order valence-corrected chi connectivity index (χ2v) is 3.87. The van der Waals surface area contributed by atoms with Crippen LogP contribution in [0.3, 0.4) is 0 Å². The molecular weight excluding hydrogens is 226 g/mol. The van der Waals surface area contributed by atoms with E-state index in [1.165, 1.54) is 0 Å². The molecule has 18 heavy (non-hydrogen) atoms. The predicted molar refractivity (Wildman–Crippen MR) is 69.4 cm³/mol. The summed E-state index contributed by atoms with van der Waals surface area (Å²) in [6.07, 6.45) is 1.68. The van der Waals surface area contributed by atoms with Crippen LogP contribution in [-0.4, -0.2) is 17.1 Å². The van der Waals surface area contributed by atoms with Gasteiger partial charge in [-0.05, 0) is 24.3 Å². The van der Waals surface area contributed by atoms with Gasteiger partial charge in [0.15, 0.2) is 0 Å². The molecule has 1 aromatic carbocycles. The summed E-state index contributed by atoms with van der Waals surface area (Å²) in [5.41, 5.74) is 2.21. The molecule has 0 saturated heterocycles. The second-order valence-electron chi connectivity index (χ2n) is 3.87. The lowest BCUT2D eigenvalue weighted by Gasteiger charge is -2.20. The summed E-state index contributed by atoms with van der Waals surface area (Å²) in [6.45, 7) is -0.0640. The molecule has 90 valence electrons. The average molecular weight is 239 g/mol. The molecule has 2 aromatic rings. The number of aromatic nitrogens is 1. The summed E-state index contributed by atoms with van der Waals surface area (Å²) in [4.78, 5) is 6.12. The van der Waals surface area contributed by atoms with E-state index in [1.807, 2.05) is 30.1 Å². The summed E-state index contributed by atoms with van der Waals surface area (Å²) in [7, 11) is 1.86. The second kappa shape index (κ2) is 5.30. The van der Waals surface area contributed by atoms with Crippen molar-refractivity contribution in [1.82, 2.24) is 4.98 Å². The van der Waals surface area contributed by atoms with Crippen molar-refractivity contribution in [2.24, 2.45) is 0 Å². The first-order valence-corrected chi connectivity index (χ1v) is 5.55. The van der Waals surface area contributed by atoms with Crippen molar-refractivity contribution < 1.29 is 5.11 Å². The number of anilines is 2. The smallest absolute Gasteiger partial charge is 0.138 e. The number of pyridine rings is 1. The van der Waals surface area contributed by atoms with E-state index in [0.717, 1.165) is 11.3 Å². The molecule has 2 rings (SSSR count). The van der Waals surface area contributed by atoms with Crippen molar-refractivity contribution in [3.63, 3.8) is 0 Å². The number of aliphatic hydroxyl groups is 1. The van der Waals surface area contributed by atoms with Crippen molar-refractivity contribution in [2.45, 2.75) is 6.61 Å². The van der Waals surface area contributed by atoms with Gasteiger partial charge in [-0.1, -0.05) is 12.1 Å². The Hall–Kier alpha value is -2.38. The first kappa shape index (κ1) is 12.1. The van der Waals surface area contributed by atoms with Crippen LogP contribution in [0.1, 0.15) is 11.1 Å². The lowest BCUT2D eigenvalue weighted by atomic mass is 10.2. The van der Waals surface area contributed by atoms with E-state index < -0.39 is 0 Å². The molecular formula is C14H13N3O. The van der Waals surface area contributed by atoms with Crippen LogP contribution in [0.4, 0.5) is 11.5 Å². The molecule has 0 amide bonds. The molecule has 4 nitrogen and oxygen atoms in total. The molecule has 0 saturated carbocycles. The molecule has 0 aliphatic rings. The number of benzene rings is 1. The van der Waals surface area contributed by atoms with Crippen LogP contribution in [0.15, 0.2) is 42.6 Å². The highest BCUT2D eigenvalue weighted by atomic mass is 16.3. The van der Waals surface area contributed by atoms with Crippen LogP contribution in [0.2, 0.25) is 0 Å². The van der Waals surface area contributed by atoms with Crippen molar-refractivity contribution in [3.8, 4) is 6.07 Å². The van der Waals surface area contributed by atoms with Crippen LogP contribution in [0.25, 0.3) is 0 Å². The van der Waals surface area contributed by atoms with Crippen molar-refractivity contribution in [1.29, 1.82) is 5.26 Å². The highest BCUT2D eigenvalue weighted by molar-refractivity contribution is 5.63. The third-order valence-corrected chi connectivity index (χ3v) is 2.72. The topological polar surface area (TPSA) is 60.2 Å². The summed E-state index contributed by atoms with van der Waals surface area (Å²) in [5, 5.41) is 18.2. The average Bonchev–Trinajstić information content (AvgIpc) is 2.46. The predicted octanol–water partition coefficient (Wildman–Crippen LogP) is 2.21. The Morgan fingerprint density at radius 3 is 2.89 bits per heavy atom. The molecule has 0 atom stereocenters. The third kappa shape index (κ3) is 2.31. The Labute approximate surface area is 106 Å². The quantitative estimate of drug-likeness (QED) is 0.892. The molecule has 0 unspecified atom stereocenters. The number of aliphatic hydroxyl groups excluding tert-OH is 1. The van der Waals surface area contributed by atoms with Crippen molar-refractivity contribution >= 4 is 11.5 Å². The number of nitrogens with zero attached hydrogens (tertiary/aromatic N) is 3. The summed E-state index contributed by atoms with van der Waals surface area (Å²) in [6, 6.07) is 13.0. The van der Waals surface area contributed by atoms with Gasteiger partial charge in [-0.25, -0.2) is 4.98 Å². The Bertz CT molecular complexity index is 590. The first-order chi connectivity index (χ1) is 8.76. The van der Waals surface area contributed by atoms with E-state index >= 15 is 0 Å². The Morgan fingerprint density at radius 2 is 2.17 bits per heavy atom. The van der Waals surface area contributed by atoms with Gasteiger partial charge in [-0.15, -0.1) is 0 Å². The van der Waals surface area contributed by atoms with Crippen LogP contribution >= 0.6 is 0 Å². The highest BCUT2D eigenvalue weighted by Gasteiger charge is 2.10. The zero-order valence-electron chi connectivity index (χ0n) is 10.0. The lowest BCUT2D eigenvalue weighted by Crippen LogP contribution is -2.13. The monoisotopic (exact) mass is 239 g/mol. The van der Waals surface area contributed by atoms with Gasteiger partial charge in [0.1, 0.15) is 5.82 Å². The number of rotatable bonds is 3. The van der Waals surface area contributed by atoms with E-state index in [9.17, 15) is 5.11 Å². The van der Waals surface area contributed by atoms with Gasteiger partial charge in [-0.2, -0.15) is 5.26 Å². The number of hydrogen-bond acceptors (Lipinski definition) is 4. The molecule has 4 heteroatoms. The lowest BCUT2D eigenvalue weighted by molar-refractivity contribution is 0.282. The minimum Gasteiger partial charge on any atom is -0.392 e. The van der Waals surface area contributed by atoms with Gasteiger partial charge in [-0.3, -0.25) is 0 Å². The van der Waals surface area contributed by atoms with E-state index in [1.54, 1.807) is 24.4 Å². The normalized spacial score (nSPS) is 9.83. The zero-order valence-corrected chi connectivity index (χ0v) is 10.0. The third-order valence-electron chi connectivity index (χ3n) is 2.72. The Morgan fingerprint density at radius 1 is 1.33 bits per heavy atom.